The summed E-state index contributed by atoms with van der Waals surface area (Å²) in [5.41, 5.74) is 0. The second-order valence-electron chi connectivity index (χ2n) is 6.47. The summed E-state index contributed by atoms with van der Waals surface area (Å²) in [4.78, 5) is 20.4. The smallest absolute Gasteiger partial charge is 0.251 e. The zero-order valence-electron chi connectivity index (χ0n) is 12.6. The van der Waals surface area contributed by atoms with E-state index in [1.54, 1.807) is 11.3 Å². The number of carbonyl (C=O) groups excluding carboxylic acids is 1. The molecule has 3 atom stereocenters. The zero-order chi connectivity index (χ0) is 14.9. The average Bonchev–Trinajstić information content (AvgIpc) is 3.27. The van der Waals surface area contributed by atoms with Crippen LogP contribution in [0.3, 0.4) is 0 Å². The third-order valence-corrected chi connectivity index (χ3v) is 4.99. The molecular formula is C16H22N2O4. The molecule has 0 aliphatic carbocycles. The fraction of sp³-hybridized carbons (Fsp3) is 0.688. The van der Waals surface area contributed by atoms with Crippen LogP contribution in [0, 0.1) is 17.8 Å². The van der Waals surface area contributed by atoms with Gasteiger partial charge in [0.2, 0.25) is 0 Å². The van der Waals surface area contributed by atoms with Crippen molar-refractivity contribution in [2.75, 3.05) is 39.5 Å². The van der Waals surface area contributed by atoms with Crippen molar-refractivity contribution in [1.29, 1.82) is 0 Å². The highest BCUT2D eigenvalue weighted by atomic mass is 16.7. The molecule has 3 saturated heterocycles. The van der Waals surface area contributed by atoms with Gasteiger partial charge >= 0.3 is 0 Å². The number of likely N-dealkylation sites (tertiary alicyclic amines) is 1. The molecule has 4 heterocycles. The summed E-state index contributed by atoms with van der Waals surface area (Å²) < 4.78 is 11.1. The summed E-state index contributed by atoms with van der Waals surface area (Å²) in [6, 6.07) is 3.91. The standard InChI is InChI=1S/C16H22N2O4/c19-16(18-4-2-6-22-18)15-11-20-10-12-7-17(9-14(12)15)8-13-3-1-5-21-13/h1,3,5,12,14-15H,2,4,6-11H2/t12-,14-,15+/m0/s1. The van der Waals surface area contributed by atoms with E-state index in [1.165, 1.54) is 0 Å². The van der Waals surface area contributed by atoms with Crippen molar-refractivity contribution in [3.05, 3.63) is 24.2 Å². The van der Waals surface area contributed by atoms with Crippen molar-refractivity contribution < 1.29 is 18.8 Å². The molecule has 3 fully saturated rings. The molecule has 3 aliphatic rings. The van der Waals surface area contributed by atoms with Crippen LogP contribution in [0.25, 0.3) is 0 Å². The summed E-state index contributed by atoms with van der Waals surface area (Å²) in [5.74, 6) is 1.80. The SMILES string of the molecule is O=C([C@@H]1COC[C@@H]2CN(Cc3ccco3)C[C@@H]21)N1CCCO1. The minimum Gasteiger partial charge on any atom is -0.468 e. The highest BCUT2D eigenvalue weighted by molar-refractivity contribution is 5.78. The van der Waals surface area contributed by atoms with E-state index in [0.717, 1.165) is 38.4 Å². The summed E-state index contributed by atoms with van der Waals surface area (Å²) in [7, 11) is 0. The summed E-state index contributed by atoms with van der Waals surface area (Å²) in [6.07, 6.45) is 2.64. The molecule has 6 heteroatoms. The number of rotatable bonds is 3. The molecule has 4 rings (SSSR count). The molecule has 1 aromatic rings. The lowest BCUT2D eigenvalue weighted by molar-refractivity contribution is -0.181. The maximum absolute atomic E-state index is 12.7. The van der Waals surface area contributed by atoms with Gasteiger partial charge in [0, 0.05) is 13.1 Å². The minimum atomic E-state index is -0.0709. The third kappa shape index (κ3) is 2.66. The predicted molar refractivity (Wildman–Crippen MR) is 77.6 cm³/mol. The first-order valence-corrected chi connectivity index (χ1v) is 8.08. The van der Waals surface area contributed by atoms with Crippen LogP contribution >= 0.6 is 0 Å². The Hall–Kier alpha value is -1.37. The topological polar surface area (TPSA) is 55.2 Å². The largest absolute Gasteiger partial charge is 0.468 e. The minimum absolute atomic E-state index is 0.0709. The number of nitrogens with zero attached hydrogens (tertiary/aromatic N) is 2. The van der Waals surface area contributed by atoms with Crippen LogP contribution in [0.15, 0.2) is 22.8 Å². The first-order chi connectivity index (χ1) is 10.8. The van der Waals surface area contributed by atoms with Gasteiger partial charge < -0.3 is 9.15 Å². The lowest BCUT2D eigenvalue weighted by Gasteiger charge is -2.33. The fourth-order valence-electron chi connectivity index (χ4n) is 3.90. The highest BCUT2D eigenvalue weighted by Gasteiger charge is 2.45. The second-order valence-corrected chi connectivity index (χ2v) is 6.47. The number of furan rings is 1. The Morgan fingerprint density at radius 1 is 1.32 bits per heavy atom. The molecule has 1 aromatic heterocycles. The maximum atomic E-state index is 12.7. The van der Waals surface area contributed by atoms with Gasteiger partial charge in [-0.3, -0.25) is 14.5 Å². The molecule has 120 valence electrons. The van der Waals surface area contributed by atoms with Crippen LogP contribution in [-0.4, -0.2) is 55.3 Å². The van der Waals surface area contributed by atoms with E-state index in [2.05, 4.69) is 4.90 Å². The van der Waals surface area contributed by atoms with Gasteiger partial charge in [-0.2, -0.15) is 0 Å². The second kappa shape index (κ2) is 6.02. The van der Waals surface area contributed by atoms with Gasteiger partial charge in [-0.05, 0) is 30.4 Å². The molecule has 1 amide bonds. The summed E-state index contributed by atoms with van der Waals surface area (Å²) in [5, 5.41) is 1.55. The fourth-order valence-corrected chi connectivity index (χ4v) is 3.90. The van der Waals surface area contributed by atoms with E-state index in [1.807, 2.05) is 12.1 Å². The van der Waals surface area contributed by atoms with Gasteiger partial charge in [-0.25, -0.2) is 5.06 Å². The van der Waals surface area contributed by atoms with E-state index in [4.69, 9.17) is 14.0 Å². The number of fused-ring (bicyclic) bond motifs is 1. The van der Waals surface area contributed by atoms with Crippen molar-refractivity contribution in [1.82, 2.24) is 9.96 Å². The van der Waals surface area contributed by atoms with Crippen molar-refractivity contribution in [3.8, 4) is 0 Å². The molecule has 22 heavy (non-hydrogen) atoms. The van der Waals surface area contributed by atoms with E-state index >= 15 is 0 Å². The van der Waals surface area contributed by atoms with Gasteiger partial charge in [0.15, 0.2) is 0 Å². The van der Waals surface area contributed by atoms with Gasteiger partial charge in [0.25, 0.3) is 5.91 Å². The molecule has 0 radical (unpaired) electrons. The number of hydroxylamine groups is 2. The number of hydrogen-bond acceptors (Lipinski definition) is 5. The average molecular weight is 306 g/mol. The van der Waals surface area contributed by atoms with Crippen molar-refractivity contribution in [2.24, 2.45) is 17.8 Å². The van der Waals surface area contributed by atoms with Crippen molar-refractivity contribution in [3.63, 3.8) is 0 Å². The number of amides is 1. The van der Waals surface area contributed by atoms with E-state index in [-0.39, 0.29) is 11.8 Å². The predicted octanol–water partition coefficient (Wildman–Crippen LogP) is 1.14. The monoisotopic (exact) mass is 306 g/mol. The highest BCUT2D eigenvalue weighted by Crippen LogP contribution is 2.36. The van der Waals surface area contributed by atoms with E-state index in [0.29, 0.717) is 31.6 Å². The van der Waals surface area contributed by atoms with E-state index < -0.39 is 0 Å². The first kappa shape index (κ1) is 14.2. The Balaban J connectivity index is 1.43. The lowest BCUT2D eigenvalue weighted by Crippen LogP contribution is -2.45. The molecule has 3 aliphatic heterocycles. The van der Waals surface area contributed by atoms with Crippen LogP contribution in [0.4, 0.5) is 0 Å². The Morgan fingerprint density at radius 2 is 2.27 bits per heavy atom. The molecule has 0 saturated carbocycles. The molecule has 0 aromatic carbocycles. The van der Waals surface area contributed by atoms with Gasteiger partial charge in [0.05, 0.1) is 45.1 Å². The first-order valence-electron chi connectivity index (χ1n) is 8.08. The maximum Gasteiger partial charge on any atom is 0.251 e. The van der Waals surface area contributed by atoms with Crippen LogP contribution in [0.2, 0.25) is 0 Å². The Labute approximate surface area is 129 Å². The Morgan fingerprint density at radius 3 is 3.05 bits per heavy atom. The van der Waals surface area contributed by atoms with Gasteiger partial charge in [-0.1, -0.05) is 0 Å². The molecule has 0 unspecified atom stereocenters. The van der Waals surface area contributed by atoms with Crippen LogP contribution in [0.5, 0.6) is 0 Å². The molecule has 0 N–H and O–H groups in total. The van der Waals surface area contributed by atoms with Crippen LogP contribution < -0.4 is 0 Å². The Bertz CT molecular complexity index is 512. The van der Waals surface area contributed by atoms with Crippen molar-refractivity contribution in [2.45, 2.75) is 13.0 Å². The van der Waals surface area contributed by atoms with Gasteiger partial charge in [-0.15, -0.1) is 0 Å². The number of hydrogen-bond donors (Lipinski definition) is 0. The van der Waals surface area contributed by atoms with Crippen LogP contribution in [0.1, 0.15) is 12.2 Å². The quantitative estimate of drug-likeness (QED) is 0.838. The zero-order valence-corrected chi connectivity index (χ0v) is 12.6. The van der Waals surface area contributed by atoms with Crippen LogP contribution in [-0.2, 0) is 20.9 Å². The third-order valence-electron chi connectivity index (χ3n) is 4.99. The molecule has 0 bridgehead atoms. The van der Waals surface area contributed by atoms with E-state index in [9.17, 15) is 4.79 Å². The normalized spacial score (nSPS) is 32.4. The summed E-state index contributed by atoms with van der Waals surface area (Å²) >= 11 is 0. The van der Waals surface area contributed by atoms with Crippen molar-refractivity contribution >= 4 is 5.91 Å². The molecular weight excluding hydrogens is 284 g/mol. The molecule has 6 nitrogen and oxygen atoms in total. The lowest BCUT2D eigenvalue weighted by atomic mass is 9.82. The molecule has 0 spiro atoms. The summed E-state index contributed by atoms with van der Waals surface area (Å²) in [6.45, 7) is 5.34. The Kier molecular flexibility index (Phi) is 3.90. The number of carbonyl (C=O) groups is 1. The number of ether oxygens (including phenoxy) is 1. The van der Waals surface area contributed by atoms with Gasteiger partial charge in [0.1, 0.15) is 5.76 Å².